The molecule has 1 aliphatic heterocycles. The van der Waals surface area contributed by atoms with E-state index in [4.69, 9.17) is 10.5 Å². The van der Waals surface area contributed by atoms with Crippen LogP contribution in [0.25, 0.3) is 0 Å². The molecule has 0 fully saturated rings. The number of ether oxygens (including phenoxy) is 1. The molecule has 0 radical (unpaired) electrons. The number of hydrogen-bond acceptors (Lipinski definition) is 3. The predicted molar refractivity (Wildman–Crippen MR) is 54.6 cm³/mol. The number of nitrogens with zero attached hydrogens (tertiary/aromatic N) is 1. The third-order valence-corrected chi connectivity index (χ3v) is 2.42. The Morgan fingerprint density at radius 3 is 2.86 bits per heavy atom. The van der Waals surface area contributed by atoms with Crippen molar-refractivity contribution in [3.8, 4) is 0 Å². The highest BCUT2D eigenvalue weighted by Gasteiger charge is 2.14. The third kappa shape index (κ3) is 2.12. The maximum atomic E-state index is 6.04. The van der Waals surface area contributed by atoms with Crippen molar-refractivity contribution in [1.29, 1.82) is 0 Å². The molecule has 2 rings (SSSR count). The highest BCUT2D eigenvalue weighted by atomic mass is 16.5. The van der Waals surface area contributed by atoms with E-state index in [-0.39, 0.29) is 6.04 Å². The molecule has 0 spiro atoms. The second-order valence-corrected chi connectivity index (χ2v) is 3.48. The first kappa shape index (κ1) is 9.21. The lowest BCUT2D eigenvalue weighted by Gasteiger charge is -2.10. The van der Waals surface area contributed by atoms with Crippen molar-refractivity contribution >= 4 is 0 Å². The fraction of sp³-hybridized carbons (Fsp3) is 0.364. The van der Waals surface area contributed by atoms with E-state index in [0.29, 0.717) is 0 Å². The van der Waals surface area contributed by atoms with Gasteiger partial charge >= 0.3 is 0 Å². The smallest absolute Gasteiger partial charge is 0.0912 e. The number of rotatable bonds is 3. The van der Waals surface area contributed by atoms with Crippen molar-refractivity contribution in [2.75, 3.05) is 6.61 Å². The van der Waals surface area contributed by atoms with Crippen LogP contribution in [0.3, 0.4) is 0 Å². The molecular formula is C11H14N2O. The van der Waals surface area contributed by atoms with Crippen molar-refractivity contribution in [2.24, 2.45) is 5.73 Å². The predicted octanol–water partition coefficient (Wildman–Crippen LogP) is 1.26. The zero-order chi connectivity index (χ0) is 9.80. The van der Waals surface area contributed by atoms with Crippen LogP contribution in [0.4, 0.5) is 0 Å². The van der Waals surface area contributed by atoms with Crippen LogP contribution in [0.5, 0.6) is 0 Å². The average molecular weight is 190 g/mol. The minimum Gasteiger partial charge on any atom is -0.501 e. The fourth-order valence-corrected chi connectivity index (χ4v) is 1.58. The van der Waals surface area contributed by atoms with Crippen LogP contribution in [0, 0.1) is 0 Å². The molecule has 1 aliphatic rings. The Morgan fingerprint density at radius 1 is 1.43 bits per heavy atom. The quantitative estimate of drug-likeness (QED) is 0.780. The number of pyridine rings is 1. The van der Waals surface area contributed by atoms with E-state index >= 15 is 0 Å². The molecule has 0 saturated heterocycles. The Morgan fingerprint density at radius 2 is 2.21 bits per heavy atom. The van der Waals surface area contributed by atoms with Gasteiger partial charge in [-0.2, -0.15) is 0 Å². The van der Waals surface area contributed by atoms with Crippen LogP contribution in [0.15, 0.2) is 36.4 Å². The summed E-state index contributed by atoms with van der Waals surface area (Å²) in [5, 5.41) is 0. The maximum absolute atomic E-state index is 6.04. The van der Waals surface area contributed by atoms with E-state index in [1.165, 1.54) is 11.1 Å². The molecule has 0 amide bonds. The standard InChI is InChI=1S/C11H14N2O/c12-11(10-3-6-14-8-10)7-9-1-4-13-5-2-9/h1-2,4-5,8,11H,3,6-7,12H2. The van der Waals surface area contributed by atoms with Crippen LogP contribution in [0.1, 0.15) is 12.0 Å². The molecule has 1 unspecified atom stereocenters. The van der Waals surface area contributed by atoms with E-state index in [1.54, 1.807) is 18.7 Å². The molecule has 1 aromatic heterocycles. The van der Waals surface area contributed by atoms with E-state index in [9.17, 15) is 0 Å². The van der Waals surface area contributed by atoms with E-state index in [0.717, 1.165) is 19.4 Å². The number of nitrogens with two attached hydrogens (primary N) is 1. The van der Waals surface area contributed by atoms with Gasteiger partial charge in [0, 0.05) is 24.9 Å². The minimum absolute atomic E-state index is 0.0832. The molecule has 1 aromatic rings. The summed E-state index contributed by atoms with van der Waals surface area (Å²) in [7, 11) is 0. The van der Waals surface area contributed by atoms with Crippen molar-refractivity contribution in [2.45, 2.75) is 18.9 Å². The van der Waals surface area contributed by atoms with Crippen molar-refractivity contribution in [1.82, 2.24) is 4.98 Å². The molecule has 74 valence electrons. The Balaban J connectivity index is 1.97. The maximum Gasteiger partial charge on any atom is 0.0912 e. The zero-order valence-electron chi connectivity index (χ0n) is 8.02. The lowest BCUT2D eigenvalue weighted by atomic mass is 10.0. The molecule has 3 nitrogen and oxygen atoms in total. The second kappa shape index (κ2) is 4.24. The van der Waals surface area contributed by atoms with Gasteiger partial charge in [-0.3, -0.25) is 4.98 Å². The van der Waals surface area contributed by atoms with Crippen LogP contribution < -0.4 is 5.73 Å². The normalized spacial score (nSPS) is 17.4. The van der Waals surface area contributed by atoms with Gasteiger partial charge in [-0.1, -0.05) is 0 Å². The van der Waals surface area contributed by atoms with Crippen LogP contribution in [0.2, 0.25) is 0 Å². The summed E-state index contributed by atoms with van der Waals surface area (Å²) in [4.78, 5) is 3.97. The van der Waals surface area contributed by atoms with Gasteiger partial charge < -0.3 is 10.5 Å². The highest BCUT2D eigenvalue weighted by molar-refractivity contribution is 5.18. The summed E-state index contributed by atoms with van der Waals surface area (Å²) in [6.45, 7) is 0.777. The van der Waals surface area contributed by atoms with Gasteiger partial charge in [0.05, 0.1) is 12.9 Å². The van der Waals surface area contributed by atoms with Crippen LogP contribution >= 0.6 is 0 Å². The first-order chi connectivity index (χ1) is 6.86. The zero-order valence-corrected chi connectivity index (χ0v) is 8.02. The molecule has 14 heavy (non-hydrogen) atoms. The SMILES string of the molecule is NC(Cc1ccncc1)C1=COCC1. The molecule has 2 heterocycles. The molecular weight excluding hydrogens is 176 g/mol. The lowest BCUT2D eigenvalue weighted by Crippen LogP contribution is -2.24. The van der Waals surface area contributed by atoms with Gasteiger partial charge in [0.1, 0.15) is 0 Å². The molecule has 0 bridgehead atoms. The first-order valence-corrected chi connectivity index (χ1v) is 4.81. The summed E-state index contributed by atoms with van der Waals surface area (Å²) in [6.07, 6.45) is 7.21. The second-order valence-electron chi connectivity index (χ2n) is 3.48. The van der Waals surface area contributed by atoms with Crippen LogP contribution in [-0.2, 0) is 11.2 Å². The summed E-state index contributed by atoms with van der Waals surface area (Å²) in [5.41, 5.74) is 8.47. The Hall–Kier alpha value is -1.35. The molecule has 1 atom stereocenters. The summed E-state index contributed by atoms with van der Waals surface area (Å²) in [6, 6.07) is 4.08. The number of aromatic nitrogens is 1. The van der Waals surface area contributed by atoms with Crippen molar-refractivity contribution in [3.05, 3.63) is 41.9 Å². The van der Waals surface area contributed by atoms with Gasteiger partial charge in [0.25, 0.3) is 0 Å². The largest absolute Gasteiger partial charge is 0.501 e. The summed E-state index contributed by atoms with van der Waals surface area (Å²) < 4.78 is 5.16. The number of hydrogen-bond donors (Lipinski definition) is 1. The summed E-state index contributed by atoms with van der Waals surface area (Å²) in [5.74, 6) is 0. The third-order valence-electron chi connectivity index (χ3n) is 2.42. The molecule has 0 aromatic carbocycles. The van der Waals surface area contributed by atoms with Gasteiger partial charge in [0.2, 0.25) is 0 Å². The van der Waals surface area contributed by atoms with Crippen molar-refractivity contribution in [3.63, 3.8) is 0 Å². The molecule has 0 saturated carbocycles. The van der Waals surface area contributed by atoms with E-state index < -0.39 is 0 Å². The summed E-state index contributed by atoms with van der Waals surface area (Å²) >= 11 is 0. The Bertz CT molecular complexity index is 321. The Kier molecular flexibility index (Phi) is 2.79. The van der Waals surface area contributed by atoms with E-state index in [1.807, 2.05) is 12.1 Å². The molecule has 0 aliphatic carbocycles. The fourth-order valence-electron chi connectivity index (χ4n) is 1.58. The van der Waals surface area contributed by atoms with Gasteiger partial charge in [-0.05, 0) is 29.7 Å². The van der Waals surface area contributed by atoms with Crippen LogP contribution in [-0.4, -0.2) is 17.6 Å². The topological polar surface area (TPSA) is 48.1 Å². The van der Waals surface area contributed by atoms with Gasteiger partial charge in [0.15, 0.2) is 0 Å². The Labute approximate surface area is 83.6 Å². The average Bonchev–Trinajstić information content (AvgIpc) is 2.72. The van der Waals surface area contributed by atoms with E-state index in [2.05, 4.69) is 4.98 Å². The lowest BCUT2D eigenvalue weighted by molar-refractivity contribution is 0.281. The molecule has 3 heteroatoms. The minimum atomic E-state index is 0.0832. The first-order valence-electron chi connectivity index (χ1n) is 4.81. The monoisotopic (exact) mass is 190 g/mol. The van der Waals surface area contributed by atoms with Gasteiger partial charge in [-0.15, -0.1) is 0 Å². The highest BCUT2D eigenvalue weighted by Crippen LogP contribution is 2.16. The van der Waals surface area contributed by atoms with Crippen molar-refractivity contribution < 1.29 is 4.74 Å². The van der Waals surface area contributed by atoms with Gasteiger partial charge in [-0.25, -0.2) is 0 Å². The molecule has 2 N–H and O–H groups in total.